The summed E-state index contributed by atoms with van der Waals surface area (Å²) in [5, 5.41) is 2.94. The van der Waals surface area contributed by atoms with E-state index in [1.165, 1.54) is 12.4 Å². The van der Waals surface area contributed by atoms with Gasteiger partial charge in [0.15, 0.2) is 11.5 Å². The summed E-state index contributed by atoms with van der Waals surface area (Å²) in [7, 11) is 1.69. The number of aromatic nitrogens is 2. The van der Waals surface area contributed by atoms with Crippen molar-refractivity contribution in [2.24, 2.45) is 0 Å². The van der Waals surface area contributed by atoms with Crippen molar-refractivity contribution >= 4 is 11.7 Å². The van der Waals surface area contributed by atoms with Crippen LogP contribution in [-0.4, -0.2) is 60.2 Å². The van der Waals surface area contributed by atoms with Gasteiger partial charge in [-0.05, 0) is 6.42 Å². The molecule has 19 heavy (non-hydrogen) atoms. The highest BCUT2D eigenvalue weighted by Crippen LogP contribution is 2.10. The van der Waals surface area contributed by atoms with Gasteiger partial charge in [0.25, 0.3) is 5.91 Å². The Hall–Kier alpha value is -1.73. The van der Waals surface area contributed by atoms with Gasteiger partial charge in [0, 0.05) is 45.2 Å². The minimum Gasteiger partial charge on any atom is -0.383 e. The predicted octanol–water partition coefficient (Wildman–Crippen LogP) is -0.491. The molecule has 7 heteroatoms. The van der Waals surface area contributed by atoms with Crippen LogP contribution in [0.3, 0.4) is 0 Å². The Labute approximate surface area is 112 Å². The number of amides is 1. The highest BCUT2D eigenvalue weighted by molar-refractivity contribution is 5.96. The van der Waals surface area contributed by atoms with E-state index in [9.17, 15) is 4.79 Å². The molecule has 2 heterocycles. The van der Waals surface area contributed by atoms with E-state index in [1.807, 2.05) is 0 Å². The monoisotopic (exact) mass is 265 g/mol. The van der Waals surface area contributed by atoms with Crippen LogP contribution < -0.4 is 11.1 Å². The van der Waals surface area contributed by atoms with Crippen LogP contribution in [0.25, 0.3) is 0 Å². The van der Waals surface area contributed by atoms with Crippen molar-refractivity contribution in [1.82, 2.24) is 20.2 Å². The summed E-state index contributed by atoms with van der Waals surface area (Å²) in [5.41, 5.74) is 5.82. The van der Waals surface area contributed by atoms with E-state index in [4.69, 9.17) is 10.5 Å². The summed E-state index contributed by atoms with van der Waals surface area (Å²) in [4.78, 5) is 22.1. The average Bonchev–Trinajstić information content (AvgIpc) is 2.84. The van der Waals surface area contributed by atoms with Gasteiger partial charge in [0.2, 0.25) is 0 Å². The minimum absolute atomic E-state index is 0.130. The van der Waals surface area contributed by atoms with Gasteiger partial charge in [-0.3, -0.25) is 9.69 Å². The van der Waals surface area contributed by atoms with E-state index in [-0.39, 0.29) is 23.5 Å². The van der Waals surface area contributed by atoms with Gasteiger partial charge >= 0.3 is 0 Å². The normalized spacial score (nSPS) is 19.5. The summed E-state index contributed by atoms with van der Waals surface area (Å²) in [6.45, 7) is 3.38. The molecule has 1 atom stereocenters. The van der Waals surface area contributed by atoms with Crippen LogP contribution in [0.1, 0.15) is 16.9 Å². The molecular formula is C12H19N5O2. The molecule has 1 aliphatic rings. The van der Waals surface area contributed by atoms with Gasteiger partial charge in [-0.25, -0.2) is 9.97 Å². The second-order valence-electron chi connectivity index (χ2n) is 4.54. The Kier molecular flexibility index (Phi) is 4.64. The van der Waals surface area contributed by atoms with E-state index in [2.05, 4.69) is 20.2 Å². The van der Waals surface area contributed by atoms with E-state index in [0.29, 0.717) is 6.61 Å². The van der Waals surface area contributed by atoms with E-state index in [1.54, 1.807) is 7.11 Å². The number of hydrogen-bond donors (Lipinski definition) is 2. The Morgan fingerprint density at radius 3 is 3.11 bits per heavy atom. The molecule has 1 fully saturated rings. The number of nitrogen functional groups attached to an aromatic ring is 1. The van der Waals surface area contributed by atoms with Crippen molar-refractivity contribution in [3.63, 3.8) is 0 Å². The highest BCUT2D eigenvalue weighted by atomic mass is 16.5. The third-order valence-electron chi connectivity index (χ3n) is 3.16. The number of ether oxygens (including phenoxy) is 1. The van der Waals surface area contributed by atoms with Gasteiger partial charge in [0.05, 0.1) is 6.61 Å². The van der Waals surface area contributed by atoms with Crippen molar-refractivity contribution < 1.29 is 9.53 Å². The summed E-state index contributed by atoms with van der Waals surface area (Å²) < 4.78 is 5.04. The van der Waals surface area contributed by atoms with Crippen LogP contribution >= 0.6 is 0 Å². The van der Waals surface area contributed by atoms with Gasteiger partial charge < -0.3 is 15.8 Å². The van der Waals surface area contributed by atoms with Crippen molar-refractivity contribution in [2.75, 3.05) is 39.1 Å². The van der Waals surface area contributed by atoms with Crippen molar-refractivity contribution in [1.29, 1.82) is 0 Å². The zero-order valence-corrected chi connectivity index (χ0v) is 11.0. The number of hydrogen-bond acceptors (Lipinski definition) is 6. The van der Waals surface area contributed by atoms with Crippen LogP contribution in [0.4, 0.5) is 5.82 Å². The van der Waals surface area contributed by atoms with E-state index >= 15 is 0 Å². The highest BCUT2D eigenvalue weighted by Gasteiger charge is 2.24. The molecule has 0 radical (unpaired) electrons. The van der Waals surface area contributed by atoms with Crippen molar-refractivity contribution in [3.8, 4) is 0 Å². The first-order valence-corrected chi connectivity index (χ1v) is 6.29. The molecule has 7 nitrogen and oxygen atoms in total. The number of methoxy groups -OCH3 is 1. The van der Waals surface area contributed by atoms with Crippen molar-refractivity contribution in [2.45, 2.75) is 12.5 Å². The summed E-state index contributed by atoms with van der Waals surface area (Å²) in [6, 6.07) is 0.130. The Morgan fingerprint density at radius 1 is 1.58 bits per heavy atom. The number of nitrogens with zero attached hydrogens (tertiary/aromatic N) is 3. The Bertz CT molecular complexity index is 440. The van der Waals surface area contributed by atoms with Gasteiger partial charge in [-0.15, -0.1) is 0 Å². The lowest BCUT2D eigenvalue weighted by Gasteiger charge is -2.16. The first kappa shape index (κ1) is 13.7. The maximum Gasteiger partial charge on any atom is 0.273 e. The minimum atomic E-state index is -0.260. The van der Waals surface area contributed by atoms with Gasteiger partial charge in [-0.1, -0.05) is 0 Å². The molecule has 1 aliphatic heterocycles. The van der Waals surface area contributed by atoms with Crippen molar-refractivity contribution in [3.05, 3.63) is 18.1 Å². The number of carbonyl (C=O) groups excluding carboxylic acids is 1. The SMILES string of the molecule is COCCN1CC[C@@H](NC(=O)c2nccnc2N)C1. The fraction of sp³-hybridized carbons (Fsp3) is 0.583. The van der Waals surface area contributed by atoms with Crippen LogP contribution in [0, 0.1) is 0 Å². The standard InChI is InChI=1S/C12H19N5O2/c1-19-7-6-17-5-2-9(8-17)16-12(18)10-11(13)15-4-3-14-10/h3-4,9H,2,5-8H2,1H3,(H2,13,15)(H,16,18)/t9-/m1/s1. The zero-order chi connectivity index (χ0) is 13.7. The number of rotatable bonds is 5. The lowest BCUT2D eigenvalue weighted by Crippen LogP contribution is -2.38. The number of likely N-dealkylation sites (tertiary alicyclic amines) is 1. The first-order valence-electron chi connectivity index (χ1n) is 6.29. The number of nitrogens with two attached hydrogens (primary N) is 1. The van der Waals surface area contributed by atoms with Crippen LogP contribution in [0.5, 0.6) is 0 Å². The van der Waals surface area contributed by atoms with Crippen LogP contribution in [0.15, 0.2) is 12.4 Å². The third kappa shape index (κ3) is 3.62. The largest absolute Gasteiger partial charge is 0.383 e. The third-order valence-corrected chi connectivity index (χ3v) is 3.16. The second-order valence-corrected chi connectivity index (χ2v) is 4.54. The van der Waals surface area contributed by atoms with E-state index < -0.39 is 0 Å². The molecule has 0 spiro atoms. The quantitative estimate of drug-likeness (QED) is 0.746. The first-order chi connectivity index (χ1) is 9.20. The molecule has 1 aromatic heterocycles. The molecule has 0 aliphatic carbocycles. The molecule has 0 bridgehead atoms. The maximum absolute atomic E-state index is 12.0. The summed E-state index contributed by atoms with van der Waals surface area (Å²) in [6.07, 6.45) is 3.86. The maximum atomic E-state index is 12.0. The molecule has 3 N–H and O–H groups in total. The molecule has 0 aromatic carbocycles. The smallest absolute Gasteiger partial charge is 0.273 e. The lowest BCUT2D eigenvalue weighted by molar-refractivity contribution is 0.0932. The molecule has 1 saturated heterocycles. The Morgan fingerprint density at radius 2 is 2.37 bits per heavy atom. The molecule has 1 aromatic rings. The fourth-order valence-electron chi connectivity index (χ4n) is 2.15. The number of nitrogens with one attached hydrogen (secondary N) is 1. The molecule has 2 rings (SSSR count). The topological polar surface area (TPSA) is 93.4 Å². The number of anilines is 1. The molecule has 0 unspecified atom stereocenters. The average molecular weight is 265 g/mol. The number of carbonyl (C=O) groups is 1. The molecule has 104 valence electrons. The predicted molar refractivity (Wildman–Crippen MR) is 70.6 cm³/mol. The zero-order valence-electron chi connectivity index (χ0n) is 11.0. The van der Waals surface area contributed by atoms with Gasteiger partial charge in [-0.2, -0.15) is 0 Å². The lowest BCUT2D eigenvalue weighted by atomic mass is 10.2. The van der Waals surface area contributed by atoms with E-state index in [0.717, 1.165) is 26.1 Å². The Balaban J connectivity index is 1.86. The molecular weight excluding hydrogens is 246 g/mol. The molecule has 0 saturated carbocycles. The molecule has 1 amide bonds. The fourth-order valence-corrected chi connectivity index (χ4v) is 2.15. The summed E-state index contributed by atoms with van der Waals surface area (Å²) >= 11 is 0. The van der Waals surface area contributed by atoms with Crippen LogP contribution in [0.2, 0.25) is 0 Å². The van der Waals surface area contributed by atoms with Crippen LogP contribution in [-0.2, 0) is 4.74 Å². The summed E-state index contributed by atoms with van der Waals surface area (Å²) in [5.74, 6) is -0.0987. The van der Waals surface area contributed by atoms with Gasteiger partial charge in [0.1, 0.15) is 0 Å². The second kappa shape index (κ2) is 6.44.